The second-order valence-electron chi connectivity index (χ2n) is 9.13. The first-order valence-electron chi connectivity index (χ1n) is 12.7. The Morgan fingerprint density at radius 1 is 0.775 bits per heavy atom. The maximum atomic E-state index is 13.4. The van der Waals surface area contributed by atoms with Gasteiger partial charge in [-0.2, -0.15) is 0 Å². The Kier molecular flexibility index (Phi) is 7.19. The molecule has 2 N–H and O–H groups in total. The molecule has 2 heterocycles. The molecule has 0 radical (unpaired) electrons. The molecule has 1 aliphatic heterocycles. The van der Waals surface area contributed by atoms with Gasteiger partial charge in [0.25, 0.3) is 5.91 Å². The third-order valence-corrected chi connectivity index (χ3v) is 7.32. The highest BCUT2D eigenvalue weighted by molar-refractivity contribution is 7.18. The first kappa shape index (κ1) is 25.3. The molecule has 0 bridgehead atoms. The van der Waals surface area contributed by atoms with Crippen molar-refractivity contribution in [3.63, 3.8) is 0 Å². The predicted molar refractivity (Wildman–Crippen MR) is 153 cm³/mol. The fourth-order valence-electron chi connectivity index (χ4n) is 4.36. The average molecular weight is 549 g/mol. The molecule has 0 saturated carbocycles. The number of amides is 2. The van der Waals surface area contributed by atoms with Crippen molar-refractivity contribution < 1.29 is 19.1 Å². The van der Waals surface area contributed by atoms with E-state index in [4.69, 9.17) is 9.47 Å². The van der Waals surface area contributed by atoms with Crippen molar-refractivity contribution >= 4 is 28.3 Å². The molecule has 8 nitrogen and oxygen atoms in total. The summed E-state index contributed by atoms with van der Waals surface area (Å²) in [6.07, 6.45) is 0.314. The number of nitrogens with zero attached hydrogens (tertiary/aromatic N) is 2. The number of carbonyl (C=O) groups excluding carboxylic acids is 2. The summed E-state index contributed by atoms with van der Waals surface area (Å²) in [4.78, 5) is 26.6. The molecule has 1 aromatic heterocycles. The summed E-state index contributed by atoms with van der Waals surface area (Å²) < 4.78 is 10.8. The van der Waals surface area contributed by atoms with Crippen molar-refractivity contribution in [1.29, 1.82) is 0 Å². The predicted octanol–water partition coefficient (Wildman–Crippen LogP) is 5.58. The van der Waals surface area contributed by atoms with Crippen molar-refractivity contribution in [2.45, 2.75) is 12.5 Å². The SMILES string of the molecule is O=C(N[C@@H](Cc1ccccc1)C(=O)Nc1nnc(-c2ccc3c(c2)OCO3)s1)c1ccc(-c2ccccc2)cc1. The van der Waals surface area contributed by atoms with E-state index in [-0.39, 0.29) is 18.6 Å². The van der Waals surface area contributed by atoms with E-state index >= 15 is 0 Å². The summed E-state index contributed by atoms with van der Waals surface area (Å²) in [5.41, 5.74) is 4.25. The average Bonchev–Trinajstić information content (AvgIpc) is 3.67. The van der Waals surface area contributed by atoms with Crippen molar-refractivity contribution in [3.05, 3.63) is 114 Å². The van der Waals surface area contributed by atoms with E-state index in [1.54, 1.807) is 12.1 Å². The van der Waals surface area contributed by atoms with Crippen molar-refractivity contribution in [2.75, 3.05) is 12.1 Å². The number of fused-ring (bicyclic) bond motifs is 1. The number of ether oxygens (including phenoxy) is 2. The molecule has 40 heavy (non-hydrogen) atoms. The maximum Gasteiger partial charge on any atom is 0.251 e. The summed E-state index contributed by atoms with van der Waals surface area (Å²) in [7, 11) is 0. The van der Waals surface area contributed by atoms with Gasteiger partial charge >= 0.3 is 0 Å². The Hall–Kier alpha value is -5.02. The van der Waals surface area contributed by atoms with E-state index in [1.807, 2.05) is 91.0 Å². The maximum absolute atomic E-state index is 13.4. The number of hydrogen-bond donors (Lipinski definition) is 2. The highest BCUT2D eigenvalue weighted by atomic mass is 32.1. The monoisotopic (exact) mass is 548 g/mol. The van der Waals surface area contributed by atoms with Gasteiger partial charge in [-0.05, 0) is 47.0 Å². The third kappa shape index (κ3) is 5.69. The van der Waals surface area contributed by atoms with Gasteiger partial charge in [0.1, 0.15) is 11.0 Å². The van der Waals surface area contributed by atoms with Crippen molar-refractivity contribution in [3.8, 4) is 33.2 Å². The Balaban J connectivity index is 1.18. The summed E-state index contributed by atoms with van der Waals surface area (Å²) in [5, 5.41) is 15.0. The van der Waals surface area contributed by atoms with Crippen LogP contribution in [0.5, 0.6) is 11.5 Å². The van der Waals surface area contributed by atoms with Crippen LogP contribution in [0.2, 0.25) is 0 Å². The lowest BCUT2D eigenvalue weighted by Gasteiger charge is -2.18. The van der Waals surface area contributed by atoms with Gasteiger partial charge in [0.05, 0.1) is 0 Å². The summed E-state index contributed by atoms with van der Waals surface area (Å²) >= 11 is 1.23. The third-order valence-electron chi connectivity index (χ3n) is 6.43. The molecule has 0 spiro atoms. The van der Waals surface area contributed by atoms with Crippen molar-refractivity contribution in [1.82, 2.24) is 15.5 Å². The summed E-state index contributed by atoms with van der Waals surface area (Å²) in [5.74, 6) is 0.595. The Morgan fingerprint density at radius 3 is 2.23 bits per heavy atom. The van der Waals surface area contributed by atoms with Crippen LogP contribution in [0.25, 0.3) is 21.7 Å². The van der Waals surface area contributed by atoms with E-state index in [9.17, 15) is 9.59 Å². The summed E-state index contributed by atoms with van der Waals surface area (Å²) in [6, 6.07) is 31.5. The standard InChI is InChI=1S/C31H24N4O4S/c36-28(23-13-11-22(12-14-23)21-9-5-2-6-10-21)32-25(17-20-7-3-1-4-8-20)29(37)33-31-35-34-30(40-31)24-15-16-26-27(18-24)39-19-38-26/h1-16,18,25H,17,19H2,(H,32,36)(H,33,35,37)/t25-/m0/s1. The van der Waals surface area contributed by atoms with E-state index in [1.165, 1.54) is 11.3 Å². The van der Waals surface area contributed by atoms with Crippen LogP contribution in [0.3, 0.4) is 0 Å². The number of carbonyl (C=O) groups is 2. The van der Waals surface area contributed by atoms with Gasteiger partial charge in [0.15, 0.2) is 11.5 Å². The molecule has 0 aliphatic carbocycles. The van der Waals surface area contributed by atoms with Crippen LogP contribution in [0.1, 0.15) is 15.9 Å². The number of benzene rings is 4. The molecular formula is C31H24N4O4S. The number of anilines is 1. The first-order valence-corrected chi connectivity index (χ1v) is 13.5. The normalized spacial score (nSPS) is 12.5. The second kappa shape index (κ2) is 11.4. The highest BCUT2D eigenvalue weighted by Gasteiger charge is 2.24. The lowest BCUT2D eigenvalue weighted by atomic mass is 10.0. The van der Waals surface area contributed by atoms with E-state index < -0.39 is 6.04 Å². The van der Waals surface area contributed by atoms with Crippen LogP contribution in [0.4, 0.5) is 5.13 Å². The van der Waals surface area contributed by atoms with Gasteiger partial charge in [0, 0.05) is 17.5 Å². The lowest BCUT2D eigenvalue weighted by molar-refractivity contribution is -0.118. The van der Waals surface area contributed by atoms with Gasteiger partial charge in [0.2, 0.25) is 17.8 Å². The molecule has 6 rings (SSSR count). The van der Waals surface area contributed by atoms with Crippen LogP contribution in [-0.2, 0) is 11.2 Å². The molecule has 4 aromatic carbocycles. The van der Waals surface area contributed by atoms with Crippen LogP contribution in [0, 0.1) is 0 Å². The van der Waals surface area contributed by atoms with Crippen LogP contribution >= 0.6 is 11.3 Å². The van der Waals surface area contributed by atoms with Crippen LogP contribution < -0.4 is 20.1 Å². The van der Waals surface area contributed by atoms with Crippen molar-refractivity contribution in [2.24, 2.45) is 0 Å². The number of hydrogen-bond acceptors (Lipinski definition) is 7. The number of nitrogens with one attached hydrogen (secondary N) is 2. The quantitative estimate of drug-likeness (QED) is 0.262. The first-order chi connectivity index (χ1) is 19.6. The molecule has 0 saturated heterocycles. The molecule has 0 fully saturated rings. The molecule has 0 unspecified atom stereocenters. The Morgan fingerprint density at radius 2 is 1.45 bits per heavy atom. The summed E-state index contributed by atoms with van der Waals surface area (Å²) in [6.45, 7) is 0.182. The van der Waals surface area contributed by atoms with Gasteiger partial charge < -0.3 is 14.8 Å². The largest absolute Gasteiger partial charge is 0.454 e. The fourth-order valence-corrected chi connectivity index (χ4v) is 5.10. The Bertz CT molecular complexity index is 1640. The Labute approximate surface area is 234 Å². The van der Waals surface area contributed by atoms with E-state index in [0.29, 0.717) is 33.6 Å². The zero-order valence-electron chi connectivity index (χ0n) is 21.2. The lowest BCUT2D eigenvalue weighted by Crippen LogP contribution is -2.45. The van der Waals surface area contributed by atoms with E-state index in [0.717, 1.165) is 22.3 Å². The van der Waals surface area contributed by atoms with Gasteiger partial charge in [-0.25, -0.2) is 0 Å². The highest BCUT2D eigenvalue weighted by Crippen LogP contribution is 2.37. The minimum atomic E-state index is -0.832. The van der Waals surface area contributed by atoms with Gasteiger partial charge in [-0.3, -0.25) is 14.9 Å². The van der Waals surface area contributed by atoms with Crippen LogP contribution in [-0.4, -0.2) is 34.8 Å². The number of rotatable bonds is 8. The zero-order valence-corrected chi connectivity index (χ0v) is 22.1. The van der Waals surface area contributed by atoms with Gasteiger partial charge in [-0.1, -0.05) is 84.1 Å². The molecule has 1 atom stereocenters. The molecule has 2 amide bonds. The molecule has 5 aromatic rings. The zero-order chi connectivity index (χ0) is 27.3. The minimum absolute atomic E-state index is 0.182. The molecule has 1 aliphatic rings. The molecular weight excluding hydrogens is 524 g/mol. The smallest absolute Gasteiger partial charge is 0.251 e. The van der Waals surface area contributed by atoms with E-state index in [2.05, 4.69) is 20.8 Å². The number of aromatic nitrogens is 2. The molecule has 9 heteroatoms. The molecule has 198 valence electrons. The fraction of sp³-hybridized carbons (Fsp3) is 0.0968. The topological polar surface area (TPSA) is 102 Å². The second-order valence-corrected chi connectivity index (χ2v) is 10.1. The van der Waals surface area contributed by atoms with Crippen LogP contribution in [0.15, 0.2) is 103 Å². The minimum Gasteiger partial charge on any atom is -0.454 e. The van der Waals surface area contributed by atoms with Gasteiger partial charge in [-0.15, -0.1) is 10.2 Å².